The van der Waals surface area contributed by atoms with Gasteiger partial charge >= 0.3 is 6.01 Å². The molecule has 0 radical (unpaired) electrons. The molecule has 9 heteroatoms. The molecule has 1 fully saturated rings. The van der Waals surface area contributed by atoms with Crippen molar-refractivity contribution in [3.05, 3.63) is 58.1 Å². The van der Waals surface area contributed by atoms with E-state index in [1.54, 1.807) is 30.2 Å². The Kier molecular flexibility index (Phi) is 5.60. The predicted molar refractivity (Wildman–Crippen MR) is 111 cm³/mol. The first kappa shape index (κ1) is 19.5. The van der Waals surface area contributed by atoms with Gasteiger partial charge in [-0.15, -0.1) is 0 Å². The van der Waals surface area contributed by atoms with E-state index in [9.17, 15) is 4.79 Å². The first-order chi connectivity index (χ1) is 14.1. The molecule has 3 aromatic rings. The molecule has 0 saturated carbocycles. The SMILES string of the molecule is COc1cccc(-c2noc(N3CCN(C(=O)c4cccc(Cl)c4Cl)CC3)n2)c1. The minimum Gasteiger partial charge on any atom is -0.497 e. The van der Waals surface area contributed by atoms with Crippen molar-refractivity contribution in [1.82, 2.24) is 15.0 Å². The second-order valence-electron chi connectivity index (χ2n) is 6.51. The molecule has 7 nitrogen and oxygen atoms in total. The number of rotatable bonds is 4. The predicted octanol–water partition coefficient (Wildman–Crippen LogP) is 4.01. The van der Waals surface area contributed by atoms with Crippen molar-refractivity contribution >= 4 is 35.1 Å². The van der Waals surface area contributed by atoms with E-state index in [-0.39, 0.29) is 10.9 Å². The van der Waals surface area contributed by atoms with E-state index in [0.717, 1.165) is 11.3 Å². The smallest absolute Gasteiger partial charge is 0.324 e. The first-order valence-corrected chi connectivity index (χ1v) is 9.79. The van der Waals surface area contributed by atoms with Gasteiger partial charge in [0.2, 0.25) is 5.82 Å². The standard InChI is InChI=1S/C20H18Cl2N4O3/c1-28-14-5-2-4-13(12-14)18-23-20(29-24-18)26-10-8-25(9-11-26)19(27)15-6-3-7-16(21)17(15)22/h2-7,12H,8-11H2,1H3. The van der Waals surface area contributed by atoms with Gasteiger partial charge in [0.15, 0.2) is 0 Å². The fourth-order valence-corrected chi connectivity index (χ4v) is 3.54. The van der Waals surface area contributed by atoms with Crippen LogP contribution in [-0.2, 0) is 0 Å². The van der Waals surface area contributed by atoms with Gasteiger partial charge in [0.05, 0.1) is 22.7 Å². The Morgan fingerprint density at radius 3 is 2.62 bits per heavy atom. The molecule has 1 aliphatic rings. The van der Waals surface area contributed by atoms with Gasteiger partial charge in [-0.25, -0.2) is 0 Å². The van der Waals surface area contributed by atoms with E-state index in [2.05, 4.69) is 10.1 Å². The number of ether oxygens (including phenoxy) is 1. The van der Waals surface area contributed by atoms with Crippen molar-refractivity contribution in [2.24, 2.45) is 0 Å². The maximum atomic E-state index is 12.8. The van der Waals surface area contributed by atoms with Crippen LogP contribution in [0.25, 0.3) is 11.4 Å². The number of piperazine rings is 1. The highest BCUT2D eigenvalue weighted by Gasteiger charge is 2.26. The molecule has 1 saturated heterocycles. The lowest BCUT2D eigenvalue weighted by atomic mass is 10.2. The Morgan fingerprint density at radius 1 is 1.10 bits per heavy atom. The number of halogens is 2. The highest BCUT2D eigenvalue weighted by atomic mass is 35.5. The quantitative estimate of drug-likeness (QED) is 0.619. The molecule has 0 atom stereocenters. The molecule has 150 valence electrons. The van der Waals surface area contributed by atoms with Gasteiger partial charge in [0.25, 0.3) is 5.91 Å². The summed E-state index contributed by atoms with van der Waals surface area (Å²) in [5, 5.41) is 4.71. The first-order valence-electron chi connectivity index (χ1n) is 9.03. The number of hydrogen-bond donors (Lipinski definition) is 0. The normalized spacial score (nSPS) is 14.2. The Labute approximate surface area is 177 Å². The number of aromatic nitrogens is 2. The lowest BCUT2D eigenvalue weighted by Crippen LogP contribution is -2.49. The van der Waals surface area contributed by atoms with Crippen LogP contribution in [0.4, 0.5) is 6.01 Å². The number of anilines is 1. The van der Waals surface area contributed by atoms with Crippen LogP contribution in [-0.4, -0.2) is 54.2 Å². The number of methoxy groups -OCH3 is 1. The van der Waals surface area contributed by atoms with Gasteiger partial charge in [-0.2, -0.15) is 4.98 Å². The van der Waals surface area contributed by atoms with Crippen LogP contribution in [0, 0.1) is 0 Å². The summed E-state index contributed by atoms with van der Waals surface area (Å²) in [6.07, 6.45) is 0. The van der Waals surface area contributed by atoms with Gasteiger partial charge < -0.3 is 19.1 Å². The van der Waals surface area contributed by atoms with Crippen molar-refractivity contribution < 1.29 is 14.1 Å². The van der Waals surface area contributed by atoms with Crippen LogP contribution in [0.1, 0.15) is 10.4 Å². The van der Waals surface area contributed by atoms with Crippen molar-refractivity contribution in [3.8, 4) is 17.1 Å². The summed E-state index contributed by atoms with van der Waals surface area (Å²) < 4.78 is 10.7. The van der Waals surface area contributed by atoms with Crippen LogP contribution in [0.2, 0.25) is 10.0 Å². The van der Waals surface area contributed by atoms with Crippen LogP contribution in [0.5, 0.6) is 5.75 Å². The molecule has 0 bridgehead atoms. The molecule has 0 aliphatic carbocycles. The third kappa shape index (κ3) is 4.02. The number of benzene rings is 2. The minimum absolute atomic E-state index is 0.139. The fraction of sp³-hybridized carbons (Fsp3) is 0.250. The van der Waals surface area contributed by atoms with Gasteiger partial charge in [0.1, 0.15) is 5.75 Å². The molecule has 1 aromatic heterocycles. The topological polar surface area (TPSA) is 71.7 Å². The summed E-state index contributed by atoms with van der Waals surface area (Å²) in [7, 11) is 1.61. The summed E-state index contributed by atoms with van der Waals surface area (Å²) in [4.78, 5) is 21.0. The number of amides is 1. The van der Waals surface area contributed by atoms with Gasteiger partial charge in [-0.05, 0) is 24.3 Å². The fourth-order valence-electron chi connectivity index (χ4n) is 3.16. The number of carbonyl (C=O) groups is 1. The molecule has 2 heterocycles. The third-order valence-electron chi connectivity index (χ3n) is 4.76. The van der Waals surface area contributed by atoms with E-state index < -0.39 is 0 Å². The Bertz CT molecular complexity index is 1030. The number of nitrogens with zero attached hydrogens (tertiary/aromatic N) is 4. The lowest BCUT2D eigenvalue weighted by Gasteiger charge is -2.33. The van der Waals surface area contributed by atoms with Crippen molar-refractivity contribution in [3.63, 3.8) is 0 Å². The Hall–Kier alpha value is -2.77. The average Bonchev–Trinajstić information content (AvgIpc) is 3.26. The van der Waals surface area contributed by atoms with E-state index in [0.29, 0.717) is 48.6 Å². The molecule has 1 amide bonds. The molecule has 0 spiro atoms. The largest absolute Gasteiger partial charge is 0.497 e. The van der Waals surface area contributed by atoms with E-state index in [1.165, 1.54) is 0 Å². The molecule has 2 aromatic carbocycles. The van der Waals surface area contributed by atoms with Gasteiger partial charge in [-0.1, -0.05) is 46.6 Å². The highest BCUT2D eigenvalue weighted by molar-refractivity contribution is 6.43. The van der Waals surface area contributed by atoms with Crippen LogP contribution < -0.4 is 9.64 Å². The summed E-state index contributed by atoms with van der Waals surface area (Å²) in [6.45, 7) is 2.17. The molecule has 0 unspecified atom stereocenters. The zero-order valence-corrected chi connectivity index (χ0v) is 17.2. The second kappa shape index (κ2) is 8.31. The number of hydrogen-bond acceptors (Lipinski definition) is 6. The highest BCUT2D eigenvalue weighted by Crippen LogP contribution is 2.28. The zero-order valence-electron chi connectivity index (χ0n) is 15.6. The van der Waals surface area contributed by atoms with Crippen LogP contribution in [0.3, 0.4) is 0 Å². The molecule has 1 aliphatic heterocycles. The van der Waals surface area contributed by atoms with Crippen molar-refractivity contribution in [2.45, 2.75) is 0 Å². The van der Waals surface area contributed by atoms with Gasteiger partial charge in [-0.3, -0.25) is 4.79 Å². The molecule has 4 rings (SSSR count). The monoisotopic (exact) mass is 432 g/mol. The Balaban J connectivity index is 1.43. The molecule has 0 N–H and O–H groups in total. The maximum Gasteiger partial charge on any atom is 0.324 e. The van der Waals surface area contributed by atoms with Crippen molar-refractivity contribution in [2.75, 3.05) is 38.2 Å². The Morgan fingerprint density at radius 2 is 1.86 bits per heavy atom. The lowest BCUT2D eigenvalue weighted by molar-refractivity contribution is 0.0744. The molecular formula is C20H18Cl2N4O3. The maximum absolute atomic E-state index is 12.8. The summed E-state index contributed by atoms with van der Waals surface area (Å²) in [5.41, 5.74) is 1.22. The van der Waals surface area contributed by atoms with Crippen LogP contribution in [0.15, 0.2) is 47.0 Å². The van der Waals surface area contributed by atoms with Crippen molar-refractivity contribution in [1.29, 1.82) is 0 Å². The van der Waals surface area contributed by atoms with E-state index in [4.69, 9.17) is 32.5 Å². The summed E-state index contributed by atoms with van der Waals surface area (Å²) in [6, 6.07) is 13.0. The van der Waals surface area contributed by atoms with E-state index in [1.807, 2.05) is 29.2 Å². The number of carbonyl (C=O) groups excluding carboxylic acids is 1. The minimum atomic E-state index is -0.139. The summed E-state index contributed by atoms with van der Waals surface area (Å²) in [5.74, 6) is 1.07. The van der Waals surface area contributed by atoms with Crippen LogP contribution >= 0.6 is 23.2 Å². The third-order valence-corrected chi connectivity index (χ3v) is 5.58. The summed E-state index contributed by atoms with van der Waals surface area (Å²) >= 11 is 12.2. The van der Waals surface area contributed by atoms with E-state index >= 15 is 0 Å². The second-order valence-corrected chi connectivity index (χ2v) is 7.30. The molecule has 29 heavy (non-hydrogen) atoms. The van der Waals surface area contributed by atoms with Gasteiger partial charge in [0, 0.05) is 31.7 Å². The average molecular weight is 433 g/mol. The zero-order chi connectivity index (χ0) is 20.4. The molecular weight excluding hydrogens is 415 g/mol.